The van der Waals surface area contributed by atoms with Crippen LogP contribution < -0.4 is 10.2 Å². The number of hydrogen-bond acceptors (Lipinski definition) is 2. The Morgan fingerprint density at radius 1 is 1.25 bits per heavy atom. The first-order chi connectivity index (χ1) is 7.54. The summed E-state index contributed by atoms with van der Waals surface area (Å²) in [7, 11) is 3.97. The molecule has 0 aliphatic heterocycles. The van der Waals surface area contributed by atoms with Crippen LogP contribution in [0.25, 0.3) is 0 Å². The summed E-state index contributed by atoms with van der Waals surface area (Å²) in [5.41, 5.74) is 2.65. The van der Waals surface area contributed by atoms with Crippen molar-refractivity contribution in [1.82, 2.24) is 0 Å². The number of benzene rings is 1. The van der Waals surface area contributed by atoms with Gasteiger partial charge in [-0.25, -0.2) is 0 Å². The summed E-state index contributed by atoms with van der Waals surface area (Å²) in [5.74, 6) is -0.0555. The maximum absolute atomic E-state index is 11.6. The number of carbonyl (C=O) groups excluding carboxylic acids is 1. The molecule has 0 fully saturated rings. The van der Waals surface area contributed by atoms with Crippen LogP contribution in [-0.2, 0) is 4.79 Å². The van der Waals surface area contributed by atoms with Crippen molar-refractivity contribution in [1.29, 1.82) is 0 Å². The molecule has 86 valence electrons. The molecule has 0 atom stereocenters. The first-order valence-corrected chi connectivity index (χ1v) is 5.26. The van der Waals surface area contributed by atoms with Crippen LogP contribution in [0.3, 0.4) is 0 Å². The van der Waals surface area contributed by atoms with Gasteiger partial charge in [-0.05, 0) is 38.1 Å². The number of anilines is 2. The fourth-order valence-corrected chi connectivity index (χ4v) is 1.20. The molecule has 3 heteroatoms. The molecule has 1 aromatic rings. The van der Waals surface area contributed by atoms with Crippen molar-refractivity contribution < 1.29 is 4.79 Å². The standard InChI is InChI=1S/C13H18N2O/c1-5-10(2)13(16)14-11-6-8-12(9-7-11)15(3)4/h5-9H,1-4H3,(H,14,16)/b10-5+. The fourth-order valence-electron chi connectivity index (χ4n) is 1.20. The van der Waals surface area contributed by atoms with Crippen LogP contribution in [0.5, 0.6) is 0 Å². The quantitative estimate of drug-likeness (QED) is 0.791. The second-order valence-electron chi connectivity index (χ2n) is 3.87. The Labute approximate surface area is 96.8 Å². The maximum Gasteiger partial charge on any atom is 0.250 e. The lowest BCUT2D eigenvalue weighted by molar-refractivity contribution is -0.112. The fraction of sp³-hybridized carbons (Fsp3) is 0.308. The van der Waals surface area contributed by atoms with E-state index < -0.39 is 0 Å². The molecule has 1 aromatic carbocycles. The molecule has 0 spiro atoms. The lowest BCUT2D eigenvalue weighted by Crippen LogP contribution is -2.13. The van der Waals surface area contributed by atoms with Crippen molar-refractivity contribution in [2.45, 2.75) is 13.8 Å². The molecular weight excluding hydrogens is 200 g/mol. The van der Waals surface area contributed by atoms with Gasteiger partial charge in [-0.2, -0.15) is 0 Å². The summed E-state index contributed by atoms with van der Waals surface area (Å²) in [6.07, 6.45) is 1.80. The van der Waals surface area contributed by atoms with Crippen LogP contribution in [0.2, 0.25) is 0 Å². The van der Waals surface area contributed by atoms with Crippen LogP contribution in [-0.4, -0.2) is 20.0 Å². The van der Waals surface area contributed by atoms with Crippen LogP contribution in [0.4, 0.5) is 11.4 Å². The monoisotopic (exact) mass is 218 g/mol. The molecule has 0 aliphatic rings. The van der Waals surface area contributed by atoms with Crippen LogP contribution >= 0.6 is 0 Å². The molecule has 0 aliphatic carbocycles. The minimum atomic E-state index is -0.0555. The molecular formula is C13H18N2O. The molecule has 3 nitrogen and oxygen atoms in total. The van der Waals surface area contributed by atoms with Gasteiger partial charge in [0, 0.05) is 31.0 Å². The van der Waals surface area contributed by atoms with Crippen molar-refractivity contribution in [2.75, 3.05) is 24.3 Å². The van der Waals surface area contributed by atoms with Crippen molar-refractivity contribution in [3.8, 4) is 0 Å². The van der Waals surface area contributed by atoms with E-state index in [-0.39, 0.29) is 5.91 Å². The second kappa shape index (κ2) is 5.35. The Bertz CT molecular complexity index is 391. The first-order valence-electron chi connectivity index (χ1n) is 5.26. The van der Waals surface area contributed by atoms with Crippen LogP contribution in [0, 0.1) is 0 Å². The Morgan fingerprint density at radius 3 is 2.25 bits per heavy atom. The van der Waals surface area contributed by atoms with E-state index in [1.807, 2.05) is 50.2 Å². The van der Waals surface area contributed by atoms with Gasteiger partial charge in [0.15, 0.2) is 0 Å². The summed E-state index contributed by atoms with van der Waals surface area (Å²) >= 11 is 0. The highest BCUT2D eigenvalue weighted by Gasteiger charge is 2.03. The number of allylic oxidation sites excluding steroid dienone is 1. The van der Waals surface area contributed by atoms with Crippen molar-refractivity contribution in [3.63, 3.8) is 0 Å². The summed E-state index contributed by atoms with van der Waals surface area (Å²) in [6.45, 7) is 3.65. The van der Waals surface area contributed by atoms with Crippen LogP contribution in [0.15, 0.2) is 35.9 Å². The summed E-state index contributed by atoms with van der Waals surface area (Å²) in [5, 5.41) is 2.83. The Kier molecular flexibility index (Phi) is 4.11. The zero-order chi connectivity index (χ0) is 12.1. The van der Waals surface area contributed by atoms with Gasteiger partial charge >= 0.3 is 0 Å². The number of nitrogens with zero attached hydrogens (tertiary/aromatic N) is 1. The number of nitrogens with one attached hydrogen (secondary N) is 1. The number of rotatable bonds is 3. The molecule has 0 saturated heterocycles. The van der Waals surface area contributed by atoms with Crippen molar-refractivity contribution in [2.24, 2.45) is 0 Å². The minimum absolute atomic E-state index is 0.0555. The molecule has 0 bridgehead atoms. The third kappa shape index (κ3) is 3.12. The molecule has 0 saturated carbocycles. The van der Waals surface area contributed by atoms with E-state index in [1.54, 1.807) is 13.0 Å². The third-order valence-electron chi connectivity index (χ3n) is 2.43. The van der Waals surface area contributed by atoms with Gasteiger partial charge < -0.3 is 10.2 Å². The van der Waals surface area contributed by atoms with Crippen LogP contribution in [0.1, 0.15) is 13.8 Å². The molecule has 1 amide bonds. The van der Waals surface area contributed by atoms with Gasteiger partial charge in [0.05, 0.1) is 0 Å². The summed E-state index contributed by atoms with van der Waals surface area (Å²) < 4.78 is 0. The number of hydrogen-bond donors (Lipinski definition) is 1. The maximum atomic E-state index is 11.6. The molecule has 0 aromatic heterocycles. The highest BCUT2D eigenvalue weighted by Crippen LogP contribution is 2.16. The van der Waals surface area contributed by atoms with E-state index in [2.05, 4.69) is 5.32 Å². The molecule has 0 unspecified atom stereocenters. The molecule has 16 heavy (non-hydrogen) atoms. The average molecular weight is 218 g/mol. The van der Waals surface area contributed by atoms with Crippen molar-refractivity contribution >= 4 is 17.3 Å². The Hall–Kier alpha value is -1.77. The molecule has 0 radical (unpaired) electrons. The normalized spacial score (nSPS) is 11.1. The lowest BCUT2D eigenvalue weighted by Gasteiger charge is -2.13. The lowest BCUT2D eigenvalue weighted by atomic mass is 10.2. The van der Waals surface area contributed by atoms with Gasteiger partial charge in [-0.15, -0.1) is 0 Å². The smallest absolute Gasteiger partial charge is 0.250 e. The van der Waals surface area contributed by atoms with E-state index in [0.29, 0.717) is 0 Å². The zero-order valence-electron chi connectivity index (χ0n) is 10.2. The molecule has 0 heterocycles. The predicted octanol–water partition coefficient (Wildman–Crippen LogP) is 2.66. The van der Waals surface area contributed by atoms with E-state index in [4.69, 9.17) is 0 Å². The van der Waals surface area contributed by atoms with Crippen molar-refractivity contribution in [3.05, 3.63) is 35.9 Å². The Morgan fingerprint density at radius 2 is 1.81 bits per heavy atom. The summed E-state index contributed by atoms with van der Waals surface area (Å²) in [4.78, 5) is 13.6. The van der Waals surface area contributed by atoms with Gasteiger partial charge in [0.2, 0.25) is 0 Å². The zero-order valence-corrected chi connectivity index (χ0v) is 10.2. The highest BCUT2D eigenvalue weighted by molar-refractivity contribution is 6.03. The highest BCUT2D eigenvalue weighted by atomic mass is 16.1. The number of amides is 1. The van der Waals surface area contributed by atoms with E-state index in [0.717, 1.165) is 16.9 Å². The van der Waals surface area contributed by atoms with Gasteiger partial charge in [0.1, 0.15) is 0 Å². The predicted molar refractivity (Wildman–Crippen MR) is 68.8 cm³/mol. The van der Waals surface area contributed by atoms with E-state index >= 15 is 0 Å². The number of carbonyl (C=O) groups is 1. The molecule has 1 rings (SSSR count). The average Bonchev–Trinajstić information content (AvgIpc) is 2.28. The van der Waals surface area contributed by atoms with Gasteiger partial charge in [-0.1, -0.05) is 6.08 Å². The van der Waals surface area contributed by atoms with E-state index in [1.165, 1.54) is 0 Å². The van der Waals surface area contributed by atoms with Gasteiger partial charge in [0.25, 0.3) is 5.91 Å². The minimum Gasteiger partial charge on any atom is -0.378 e. The van der Waals surface area contributed by atoms with Gasteiger partial charge in [-0.3, -0.25) is 4.79 Å². The third-order valence-corrected chi connectivity index (χ3v) is 2.43. The summed E-state index contributed by atoms with van der Waals surface area (Å²) in [6, 6.07) is 7.74. The topological polar surface area (TPSA) is 32.3 Å². The first kappa shape index (κ1) is 12.3. The molecule has 1 N–H and O–H groups in total. The Balaban J connectivity index is 2.73. The SMILES string of the molecule is C/C=C(\C)C(=O)Nc1ccc(N(C)C)cc1. The second-order valence-corrected chi connectivity index (χ2v) is 3.87. The largest absolute Gasteiger partial charge is 0.378 e. The van der Waals surface area contributed by atoms with E-state index in [9.17, 15) is 4.79 Å².